The SMILES string of the molecule is N[C@H]1CCCCC(=O)Nc2cnn(C(F)F)c2-c2ccnc1c2. The zero-order chi connectivity index (χ0) is 16.4. The van der Waals surface area contributed by atoms with Gasteiger partial charge in [0.25, 0.3) is 0 Å². The number of amides is 1. The summed E-state index contributed by atoms with van der Waals surface area (Å²) in [5, 5.41) is 6.36. The van der Waals surface area contributed by atoms with E-state index in [9.17, 15) is 13.6 Å². The number of nitrogens with zero attached hydrogens (tertiary/aromatic N) is 3. The normalized spacial score (nSPS) is 18.8. The lowest BCUT2D eigenvalue weighted by atomic mass is 10.0. The van der Waals surface area contributed by atoms with E-state index in [0.29, 0.717) is 35.2 Å². The molecule has 0 aliphatic carbocycles. The molecule has 1 aliphatic rings. The van der Waals surface area contributed by atoms with E-state index in [1.165, 1.54) is 12.4 Å². The number of alkyl halides is 2. The maximum absolute atomic E-state index is 13.2. The van der Waals surface area contributed by atoms with Crippen LogP contribution in [0.15, 0.2) is 24.5 Å². The van der Waals surface area contributed by atoms with Crippen molar-refractivity contribution in [2.75, 3.05) is 5.32 Å². The number of fused-ring (bicyclic) bond motifs is 4. The van der Waals surface area contributed by atoms with E-state index in [0.717, 1.165) is 6.42 Å². The van der Waals surface area contributed by atoms with E-state index in [1.807, 2.05) is 0 Å². The van der Waals surface area contributed by atoms with Gasteiger partial charge in [0.2, 0.25) is 5.91 Å². The Morgan fingerprint density at radius 1 is 1.39 bits per heavy atom. The van der Waals surface area contributed by atoms with Gasteiger partial charge in [0.1, 0.15) is 0 Å². The number of anilines is 1. The molecule has 1 aliphatic heterocycles. The molecule has 2 bridgehead atoms. The summed E-state index contributed by atoms with van der Waals surface area (Å²) in [4.78, 5) is 16.2. The van der Waals surface area contributed by atoms with Gasteiger partial charge in [-0.3, -0.25) is 9.78 Å². The maximum atomic E-state index is 13.2. The van der Waals surface area contributed by atoms with Gasteiger partial charge < -0.3 is 11.1 Å². The minimum absolute atomic E-state index is 0.157. The highest BCUT2D eigenvalue weighted by Gasteiger charge is 2.22. The van der Waals surface area contributed by atoms with Gasteiger partial charge in [0, 0.05) is 24.2 Å². The van der Waals surface area contributed by atoms with E-state index in [-0.39, 0.29) is 23.3 Å². The summed E-state index contributed by atoms with van der Waals surface area (Å²) >= 11 is 0. The maximum Gasteiger partial charge on any atom is 0.333 e. The second-order valence-electron chi connectivity index (χ2n) is 5.50. The van der Waals surface area contributed by atoms with Gasteiger partial charge in [0.05, 0.1) is 23.3 Å². The summed E-state index contributed by atoms with van der Waals surface area (Å²) in [5.41, 5.74) is 7.68. The van der Waals surface area contributed by atoms with Crippen molar-refractivity contribution in [2.45, 2.75) is 38.3 Å². The van der Waals surface area contributed by atoms with Crippen LogP contribution >= 0.6 is 0 Å². The van der Waals surface area contributed by atoms with Crippen LogP contribution < -0.4 is 11.1 Å². The fraction of sp³-hybridized carbons (Fsp3) is 0.400. The molecule has 0 saturated heterocycles. The first-order valence-corrected chi connectivity index (χ1v) is 7.43. The van der Waals surface area contributed by atoms with Crippen molar-refractivity contribution in [1.82, 2.24) is 14.8 Å². The van der Waals surface area contributed by atoms with Crippen molar-refractivity contribution in [1.29, 1.82) is 0 Å². The van der Waals surface area contributed by atoms with E-state index < -0.39 is 6.55 Å². The number of pyridine rings is 1. The first kappa shape index (κ1) is 15.5. The lowest BCUT2D eigenvalue weighted by Gasteiger charge is -2.15. The molecule has 2 aromatic rings. The number of nitrogens with two attached hydrogens (primary N) is 1. The van der Waals surface area contributed by atoms with Crippen molar-refractivity contribution < 1.29 is 13.6 Å². The first-order chi connectivity index (χ1) is 11.1. The molecule has 0 radical (unpaired) electrons. The number of halogens is 2. The molecule has 3 heterocycles. The summed E-state index contributed by atoms with van der Waals surface area (Å²) in [5.74, 6) is -0.219. The Hall–Kier alpha value is -2.35. The molecule has 6 nitrogen and oxygen atoms in total. The number of carbonyl (C=O) groups excluding carboxylic acids is 1. The summed E-state index contributed by atoms with van der Waals surface area (Å²) in [6.07, 6.45) is 5.25. The van der Waals surface area contributed by atoms with Gasteiger partial charge in [-0.15, -0.1) is 0 Å². The molecule has 0 saturated carbocycles. The zero-order valence-corrected chi connectivity index (χ0v) is 12.4. The van der Waals surface area contributed by atoms with Crippen molar-refractivity contribution in [3.8, 4) is 11.3 Å². The Bertz CT molecular complexity index is 716. The Morgan fingerprint density at radius 2 is 2.22 bits per heavy atom. The highest BCUT2D eigenvalue weighted by Crippen LogP contribution is 2.33. The average Bonchev–Trinajstić information content (AvgIpc) is 2.94. The molecule has 1 amide bonds. The molecule has 2 aromatic heterocycles. The smallest absolute Gasteiger partial charge is 0.323 e. The van der Waals surface area contributed by atoms with Crippen LogP contribution in [0.5, 0.6) is 0 Å². The van der Waals surface area contributed by atoms with Gasteiger partial charge in [-0.1, -0.05) is 6.42 Å². The molecule has 1 atom stereocenters. The lowest BCUT2D eigenvalue weighted by molar-refractivity contribution is -0.116. The minimum Gasteiger partial charge on any atom is -0.323 e. The van der Waals surface area contributed by atoms with Crippen LogP contribution in [-0.4, -0.2) is 20.7 Å². The molecule has 0 spiro atoms. The summed E-state index contributed by atoms with van der Waals surface area (Å²) in [6.45, 7) is -2.81. The fourth-order valence-corrected chi connectivity index (χ4v) is 2.70. The van der Waals surface area contributed by atoms with Crippen LogP contribution in [0, 0.1) is 0 Å². The zero-order valence-electron chi connectivity index (χ0n) is 12.4. The fourth-order valence-electron chi connectivity index (χ4n) is 2.70. The lowest BCUT2D eigenvalue weighted by Crippen LogP contribution is -2.15. The van der Waals surface area contributed by atoms with Crippen molar-refractivity contribution >= 4 is 11.6 Å². The number of carbonyl (C=O) groups is 1. The number of hydrogen-bond donors (Lipinski definition) is 2. The van der Waals surface area contributed by atoms with Gasteiger partial charge in [0.15, 0.2) is 0 Å². The second-order valence-corrected chi connectivity index (χ2v) is 5.50. The average molecular weight is 321 g/mol. The molecule has 3 rings (SSSR count). The Morgan fingerprint density at radius 3 is 3.00 bits per heavy atom. The predicted molar refractivity (Wildman–Crippen MR) is 80.7 cm³/mol. The third kappa shape index (κ3) is 3.21. The molecule has 8 heteroatoms. The minimum atomic E-state index is -2.81. The topological polar surface area (TPSA) is 85.8 Å². The molecule has 3 N–H and O–H groups in total. The van der Waals surface area contributed by atoms with Gasteiger partial charge in [-0.25, -0.2) is 4.68 Å². The predicted octanol–water partition coefficient (Wildman–Crippen LogP) is 2.85. The van der Waals surface area contributed by atoms with Crippen molar-refractivity contribution in [3.63, 3.8) is 0 Å². The van der Waals surface area contributed by atoms with Gasteiger partial charge in [-0.2, -0.15) is 13.9 Å². The third-order valence-corrected chi connectivity index (χ3v) is 3.86. The molecular formula is C15H17F2N5O. The number of hydrogen-bond acceptors (Lipinski definition) is 4. The summed E-state index contributed by atoms with van der Waals surface area (Å²) in [7, 11) is 0. The number of aromatic nitrogens is 3. The second kappa shape index (κ2) is 6.41. The monoisotopic (exact) mass is 321 g/mol. The number of nitrogens with one attached hydrogen (secondary N) is 1. The summed E-state index contributed by atoms with van der Waals surface area (Å²) in [6, 6.07) is 2.99. The Kier molecular flexibility index (Phi) is 4.33. The Balaban J connectivity index is 2.14. The number of rotatable bonds is 1. The van der Waals surface area contributed by atoms with Crippen LogP contribution in [0.1, 0.15) is 44.0 Å². The van der Waals surface area contributed by atoms with E-state index in [2.05, 4.69) is 15.4 Å². The summed E-state index contributed by atoms with van der Waals surface area (Å²) < 4.78 is 27.0. The van der Waals surface area contributed by atoms with E-state index in [4.69, 9.17) is 5.73 Å². The van der Waals surface area contributed by atoms with Crippen molar-refractivity contribution in [3.05, 3.63) is 30.2 Å². The van der Waals surface area contributed by atoms with Gasteiger partial charge in [-0.05, 0) is 25.0 Å². The van der Waals surface area contributed by atoms with E-state index in [1.54, 1.807) is 12.1 Å². The molecule has 0 unspecified atom stereocenters. The molecule has 122 valence electrons. The van der Waals surface area contributed by atoms with Crippen LogP contribution in [0.3, 0.4) is 0 Å². The molecular weight excluding hydrogens is 304 g/mol. The standard InChI is InChI=1S/C15H17F2N5O/c16-15(17)22-14-9-5-6-19-11(7-9)10(18)3-1-2-4-13(23)21-12(14)8-20-22/h5-8,10,15H,1-4,18H2,(H,21,23)/t10-/m0/s1. The molecule has 0 fully saturated rings. The largest absolute Gasteiger partial charge is 0.333 e. The quantitative estimate of drug-likeness (QED) is 0.845. The van der Waals surface area contributed by atoms with E-state index >= 15 is 0 Å². The van der Waals surface area contributed by atoms with Crippen molar-refractivity contribution in [2.24, 2.45) is 5.73 Å². The molecule has 23 heavy (non-hydrogen) atoms. The third-order valence-electron chi connectivity index (χ3n) is 3.86. The highest BCUT2D eigenvalue weighted by molar-refractivity contribution is 5.94. The first-order valence-electron chi connectivity index (χ1n) is 7.43. The molecule has 0 aromatic carbocycles. The van der Waals surface area contributed by atoms with Crippen LogP contribution in [0.4, 0.5) is 14.5 Å². The van der Waals surface area contributed by atoms with Crippen LogP contribution in [0.2, 0.25) is 0 Å². The Labute approximate surface area is 131 Å². The van der Waals surface area contributed by atoms with Gasteiger partial charge >= 0.3 is 6.55 Å². The highest BCUT2D eigenvalue weighted by atomic mass is 19.3. The van der Waals surface area contributed by atoms with Crippen LogP contribution in [0.25, 0.3) is 11.3 Å². The van der Waals surface area contributed by atoms with Crippen LogP contribution in [-0.2, 0) is 4.79 Å².